The summed E-state index contributed by atoms with van der Waals surface area (Å²) in [6.45, 7) is 2.73. The van der Waals surface area contributed by atoms with Gasteiger partial charge in [-0.05, 0) is 43.9 Å². The van der Waals surface area contributed by atoms with Crippen LogP contribution < -0.4 is 10.6 Å². The van der Waals surface area contributed by atoms with E-state index in [4.69, 9.17) is 5.26 Å². The van der Waals surface area contributed by atoms with Crippen LogP contribution in [0.2, 0.25) is 0 Å². The molecule has 1 heterocycles. The Morgan fingerprint density at radius 3 is 3.06 bits per heavy atom. The van der Waals surface area contributed by atoms with E-state index in [9.17, 15) is 4.79 Å². The van der Waals surface area contributed by atoms with Gasteiger partial charge < -0.3 is 10.6 Å². The summed E-state index contributed by atoms with van der Waals surface area (Å²) in [6.07, 6.45) is 2.90. The number of carbonyl (C=O) groups excluding carboxylic acids is 1. The monoisotopic (exact) mass is 243 g/mol. The van der Waals surface area contributed by atoms with E-state index in [0.717, 1.165) is 37.1 Å². The summed E-state index contributed by atoms with van der Waals surface area (Å²) in [5, 5.41) is 15.0. The molecule has 1 amide bonds. The lowest BCUT2D eigenvalue weighted by atomic mass is 10.1. The van der Waals surface area contributed by atoms with Crippen molar-refractivity contribution in [2.75, 3.05) is 11.9 Å². The van der Waals surface area contributed by atoms with Gasteiger partial charge >= 0.3 is 0 Å². The van der Waals surface area contributed by atoms with Crippen molar-refractivity contribution in [2.24, 2.45) is 0 Å². The van der Waals surface area contributed by atoms with Crippen LogP contribution in [0.3, 0.4) is 0 Å². The van der Waals surface area contributed by atoms with Gasteiger partial charge in [0.25, 0.3) is 0 Å². The Morgan fingerprint density at radius 2 is 2.28 bits per heavy atom. The Morgan fingerprint density at radius 1 is 1.44 bits per heavy atom. The highest BCUT2D eigenvalue weighted by atomic mass is 16.2. The third-order valence-corrected chi connectivity index (χ3v) is 3.23. The van der Waals surface area contributed by atoms with E-state index in [1.54, 1.807) is 12.1 Å². The van der Waals surface area contributed by atoms with E-state index in [1.807, 2.05) is 13.0 Å². The Labute approximate surface area is 107 Å². The zero-order valence-electron chi connectivity index (χ0n) is 10.5. The number of amides is 1. The van der Waals surface area contributed by atoms with Crippen LogP contribution in [0.1, 0.15) is 30.4 Å². The Balaban J connectivity index is 2.17. The van der Waals surface area contributed by atoms with Gasteiger partial charge in [0.1, 0.15) is 6.04 Å². The molecular formula is C14H17N3O. The molecule has 0 spiro atoms. The van der Waals surface area contributed by atoms with E-state index in [2.05, 4.69) is 16.7 Å². The molecule has 18 heavy (non-hydrogen) atoms. The molecular weight excluding hydrogens is 226 g/mol. The third-order valence-electron chi connectivity index (χ3n) is 3.23. The summed E-state index contributed by atoms with van der Waals surface area (Å²) in [5.41, 5.74) is 2.53. The number of hydrogen-bond acceptors (Lipinski definition) is 3. The second-order valence-electron chi connectivity index (χ2n) is 4.63. The van der Waals surface area contributed by atoms with Crippen molar-refractivity contribution in [3.63, 3.8) is 0 Å². The van der Waals surface area contributed by atoms with Gasteiger partial charge in [0.2, 0.25) is 5.91 Å². The average Bonchev–Trinajstić information content (AvgIpc) is 2.58. The minimum Gasteiger partial charge on any atom is -0.373 e. The summed E-state index contributed by atoms with van der Waals surface area (Å²) in [4.78, 5) is 11.8. The van der Waals surface area contributed by atoms with Crippen LogP contribution in [0.5, 0.6) is 0 Å². The summed E-state index contributed by atoms with van der Waals surface area (Å²) in [5.74, 6) is 0.0502. The first-order valence-electron chi connectivity index (χ1n) is 6.25. The average molecular weight is 243 g/mol. The molecule has 2 rings (SSSR count). The molecule has 0 aromatic heterocycles. The van der Waals surface area contributed by atoms with Gasteiger partial charge in [-0.3, -0.25) is 4.79 Å². The van der Waals surface area contributed by atoms with Gasteiger partial charge in [-0.2, -0.15) is 5.26 Å². The van der Waals surface area contributed by atoms with Gasteiger partial charge in [0, 0.05) is 12.2 Å². The zero-order valence-corrected chi connectivity index (χ0v) is 10.5. The molecule has 0 radical (unpaired) electrons. The first kappa shape index (κ1) is 12.4. The van der Waals surface area contributed by atoms with Crippen LogP contribution in [-0.4, -0.2) is 18.5 Å². The number of nitrogens with zero attached hydrogens (tertiary/aromatic N) is 1. The molecule has 1 aromatic rings. The van der Waals surface area contributed by atoms with Crippen LogP contribution in [0.4, 0.5) is 5.69 Å². The molecule has 1 atom stereocenters. The van der Waals surface area contributed by atoms with E-state index in [-0.39, 0.29) is 11.9 Å². The van der Waals surface area contributed by atoms with Gasteiger partial charge in [-0.15, -0.1) is 0 Å². The molecule has 2 N–H and O–H groups in total. The number of nitrogens with one attached hydrogen (secondary N) is 2. The molecule has 4 nitrogen and oxygen atoms in total. The van der Waals surface area contributed by atoms with E-state index >= 15 is 0 Å². The van der Waals surface area contributed by atoms with E-state index in [0.29, 0.717) is 5.56 Å². The molecule has 1 aliphatic heterocycles. The smallest absolute Gasteiger partial charge is 0.242 e. The number of rotatable bonds is 2. The fraction of sp³-hybridized carbons (Fsp3) is 0.429. The van der Waals surface area contributed by atoms with Crippen molar-refractivity contribution < 1.29 is 4.79 Å². The maximum absolute atomic E-state index is 11.8. The minimum atomic E-state index is -0.194. The highest BCUT2D eigenvalue weighted by Gasteiger charge is 2.20. The molecule has 1 aliphatic rings. The molecule has 1 unspecified atom stereocenters. The molecule has 1 saturated heterocycles. The molecule has 94 valence electrons. The highest BCUT2D eigenvalue weighted by molar-refractivity contribution is 5.85. The second kappa shape index (κ2) is 5.54. The van der Waals surface area contributed by atoms with Crippen molar-refractivity contribution in [3.8, 4) is 6.07 Å². The highest BCUT2D eigenvalue weighted by Crippen LogP contribution is 2.19. The first-order valence-corrected chi connectivity index (χ1v) is 6.25. The second-order valence-corrected chi connectivity index (χ2v) is 4.63. The number of nitriles is 1. The van der Waals surface area contributed by atoms with Crippen molar-refractivity contribution in [1.82, 2.24) is 5.32 Å². The van der Waals surface area contributed by atoms with Gasteiger partial charge in [-0.1, -0.05) is 6.07 Å². The summed E-state index contributed by atoms with van der Waals surface area (Å²) in [6, 6.07) is 7.40. The van der Waals surface area contributed by atoms with Gasteiger partial charge in [-0.25, -0.2) is 0 Å². The molecule has 0 aliphatic carbocycles. The van der Waals surface area contributed by atoms with Crippen LogP contribution >= 0.6 is 0 Å². The minimum absolute atomic E-state index is 0.0502. The van der Waals surface area contributed by atoms with E-state index < -0.39 is 0 Å². The zero-order chi connectivity index (χ0) is 13.0. The molecule has 0 saturated carbocycles. The van der Waals surface area contributed by atoms with Crippen molar-refractivity contribution in [3.05, 3.63) is 29.3 Å². The maximum atomic E-state index is 11.8. The molecule has 1 fully saturated rings. The summed E-state index contributed by atoms with van der Waals surface area (Å²) in [7, 11) is 0. The lowest BCUT2D eigenvalue weighted by molar-refractivity contribution is -0.121. The predicted molar refractivity (Wildman–Crippen MR) is 70.2 cm³/mol. The third kappa shape index (κ3) is 2.80. The normalized spacial score (nSPS) is 19.6. The summed E-state index contributed by atoms with van der Waals surface area (Å²) < 4.78 is 0. The maximum Gasteiger partial charge on any atom is 0.242 e. The Kier molecular flexibility index (Phi) is 3.83. The fourth-order valence-corrected chi connectivity index (χ4v) is 2.11. The molecule has 1 aromatic carbocycles. The van der Waals surface area contributed by atoms with Crippen molar-refractivity contribution >= 4 is 11.6 Å². The predicted octanol–water partition coefficient (Wildman–Crippen LogP) is 1.95. The molecule has 0 bridgehead atoms. The number of benzene rings is 1. The standard InChI is InChI=1S/C14H17N3O/c1-10-5-6-11(9-15)8-13(10)17-12-4-2-3-7-16-14(12)18/h5-6,8,12,17H,2-4,7H2,1H3,(H,16,18). The van der Waals surface area contributed by atoms with Crippen molar-refractivity contribution in [1.29, 1.82) is 5.26 Å². The fourth-order valence-electron chi connectivity index (χ4n) is 2.11. The topological polar surface area (TPSA) is 64.9 Å². The SMILES string of the molecule is Cc1ccc(C#N)cc1NC1CCCCNC1=O. The van der Waals surface area contributed by atoms with E-state index in [1.165, 1.54) is 0 Å². The Bertz CT molecular complexity index is 490. The first-order chi connectivity index (χ1) is 8.70. The van der Waals surface area contributed by atoms with Crippen LogP contribution in [0.15, 0.2) is 18.2 Å². The summed E-state index contributed by atoms with van der Waals surface area (Å²) >= 11 is 0. The van der Waals surface area contributed by atoms with Crippen LogP contribution in [0.25, 0.3) is 0 Å². The number of hydrogen-bond donors (Lipinski definition) is 2. The van der Waals surface area contributed by atoms with Gasteiger partial charge in [0.15, 0.2) is 0 Å². The molecule has 4 heteroatoms. The number of carbonyl (C=O) groups is 1. The van der Waals surface area contributed by atoms with Crippen LogP contribution in [-0.2, 0) is 4.79 Å². The number of aryl methyl sites for hydroxylation is 1. The van der Waals surface area contributed by atoms with Crippen molar-refractivity contribution in [2.45, 2.75) is 32.2 Å². The Hall–Kier alpha value is -2.02. The largest absolute Gasteiger partial charge is 0.373 e. The quantitative estimate of drug-likeness (QED) is 0.834. The number of anilines is 1. The lowest BCUT2D eigenvalue weighted by Crippen LogP contribution is -2.38. The van der Waals surface area contributed by atoms with Crippen LogP contribution in [0, 0.1) is 18.3 Å². The van der Waals surface area contributed by atoms with Gasteiger partial charge in [0.05, 0.1) is 11.6 Å². The lowest BCUT2D eigenvalue weighted by Gasteiger charge is -2.18.